The fourth-order valence-corrected chi connectivity index (χ4v) is 4.37. The van der Waals surface area contributed by atoms with E-state index in [4.69, 9.17) is 11.6 Å². The van der Waals surface area contributed by atoms with E-state index < -0.39 is 18.3 Å². The molecule has 4 rings (SSSR count). The topological polar surface area (TPSA) is 80.0 Å². The molecular formula is C22H21BrClFN4O2. The Bertz CT molecular complexity index is 1110. The molecule has 1 fully saturated rings. The molecule has 1 saturated carbocycles. The summed E-state index contributed by atoms with van der Waals surface area (Å²) >= 11 is 9.46. The predicted octanol–water partition coefficient (Wildman–Crippen LogP) is 4.49. The van der Waals surface area contributed by atoms with Crippen molar-refractivity contribution in [3.63, 3.8) is 0 Å². The first kappa shape index (κ1) is 21.9. The first-order valence-corrected chi connectivity index (χ1v) is 11.0. The molecule has 3 aromatic rings. The van der Waals surface area contributed by atoms with Crippen LogP contribution in [0.15, 0.2) is 53.7 Å². The van der Waals surface area contributed by atoms with Gasteiger partial charge < -0.3 is 15.0 Å². The second-order valence-electron chi connectivity index (χ2n) is 7.83. The van der Waals surface area contributed by atoms with Crippen LogP contribution in [0.5, 0.6) is 0 Å². The van der Waals surface area contributed by atoms with Crippen molar-refractivity contribution >= 4 is 39.1 Å². The molecule has 0 bridgehead atoms. The van der Waals surface area contributed by atoms with Crippen molar-refractivity contribution in [2.75, 3.05) is 5.32 Å². The van der Waals surface area contributed by atoms with E-state index in [-0.39, 0.29) is 23.1 Å². The highest BCUT2D eigenvalue weighted by Crippen LogP contribution is 2.31. The maximum absolute atomic E-state index is 14.4. The van der Waals surface area contributed by atoms with Crippen LogP contribution < -0.4 is 5.32 Å². The van der Waals surface area contributed by atoms with Gasteiger partial charge in [-0.25, -0.2) is 14.4 Å². The fraction of sp³-hybridized carbons (Fsp3) is 0.318. The van der Waals surface area contributed by atoms with Crippen LogP contribution in [-0.4, -0.2) is 43.7 Å². The molecule has 2 N–H and O–H groups in total. The maximum Gasteiger partial charge on any atom is 0.199 e. The van der Waals surface area contributed by atoms with Crippen LogP contribution in [0.4, 0.5) is 10.2 Å². The second-order valence-corrected chi connectivity index (χ2v) is 9.10. The number of benzene rings is 1. The van der Waals surface area contributed by atoms with Crippen molar-refractivity contribution in [2.45, 2.75) is 38.2 Å². The summed E-state index contributed by atoms with van der Waals surface area (Å²) in [6.07, 6.45) is 4.30. The number of anilines is 1. The van der Waals surface area contributed by atoms with Crippen LogP contribution in [0.3, 0.4) is 0 Å². The van der Waals surface area contributed by atoms with Crippen molar-refractivity contribution < 1.29 is 14.3 Å². The number of aliphatic hydroxyl groups excluding tert-OH is 1. The van der Waals surface area contributed by atoms with Gasteiger partial charge in [0.25, 0.3) is 0 Å². The summed E-state index contributed by atoms with van der Waals surface area (Å²) in [5.41, 5.74) is 1.76. The Kier molecular flexibility index (Phi) is 6.41. The Morgan fingerprint density at radius 2 is 2.23 bits per heavy atom. The number of hydrogen-bond acceptors (Lipinski definition) is 5. The predicted molar refractivity (Wildman–Crippen MR) is 120 cm³/mol. The van der Waals surface area contributed by atoms with Gasteiger partial charge in [-0.3, -0.25) is 4.79 Å². The molecule has 4 atom stereocenters. The molecule has 31 heavy (non-hydrogen) atoms. The van der Waals surface area contributed by atoms with Crippen LogP contribution in [0.25, 0.3) is 0 Å². The Hall–Kier alpha value is -2.29. The van der Waals surface area contributed by atoms with E-state index in [9.17, 15) is 14.3 Å². The highest BCUT2D eigenvalue weighted by molar-refractivity contribution is 9.10. The summed E-state index contributed by atoms with van der Waals surface area (Å²) in [7, 11) is 0. The first-order chi connectivity index (χ1) is 14.8. The van der Waals surface area contributed by atoms with Gasteiger partial charge in [-0.15, -0.1) is 0 Å². The van der Waals surface area contributed by atoms with E-state index in [1.54, 1.807) is 19.2 Å². The number of ketones is 1. The molecule has 1 aliphatic carbocycles. The summed E-state index contributed by atoms with van der Waals surface area (Å²) in [4.78, 5) is 21.2. The van der Waals surface area contributed by atoms with Crippen LogP contribution in [0.2, 0.25) is 5.02 Å². The number of rotatable bonds is 6. The summed E-state index contributed by atoms with van der Waals surface area (Å²) in [5, 5.41) is 13.5. The maximum atomic E-state index is 14.4. The largest absolute Gasteiger partial charge is 0.390 e. The summed E-state index contributed by atoms with van der Waals surface area (Å²) in [5.74, 6) is -0.167. The molecule has 0 unspecified atom stereocenters. The summed E-state index contributed by atoms with van der Waals surface area (Å²) in [6.45, 7) is 2.37. The Labute approximate surface area is 192 Å². The highest BCUT2D eigenvalue weighted by Gasteiger charge is 2.41. The molecule has 0 saturated heterocycles. The molecule has 0 amide bonds. The fourth-order valence-electron chi connectivity index (χ4n) is 3.82. The van der Waals surface area contributed by atoms with E-state index in [1.807, 2.05) is 29.0 Å². The van der Waals surface area contributed by atoms with Gasteiger partial charge in [0.1, 0.15) is 18.3 Å². The van der Waals surface area contributed by atoms with Gasteiger partial charge in [-0.1, -0.05) is 24.6 Å². The van der Waals surface area contributed by atoms with E-state index in [0.717, 1.165) is 10.0 Å². The van der Waals surface area contributed by atoms with Crippen molar-refractivity contribution in [3.8, 4) is 0 Å². The van der Waals surface area contributed by atoms with E-state index in [0.29, 0.717) is 23.6 Å². The molecule has 9 heteroatoms. The molecule has 0 aliphatic heterocycles. The number of nitrogens with zero attached hydrogens (tertiary/aromatic N) is 3. The lowest BCUT2D eigenvalue weighted by molar-refractivity contribution is 0.0725. The third kappa shape index (κ3) is 4.66. The normalized spacial score (nSPS) is 23.1. The monoisotopic (exact) mass is 506 g/mol. The average molecular weight is 508 g/mol. The number of aliphatic hydroxyl groups is 1. The third-order valence-corrected chi connectivity index (χ3v) is 6.77. The number of aromatic nitrogens is 3. The number of alkyl halides is 1. The summed E-state index contributed by atoms with van der Waals surface area (Å²) in [6, 6.07) is 6.78. The molecule has 6 nitrogen and oxygen atoms in total. The molecular weight excluding hydrogens is 487 g/mol. The number of halogens is 3. The van der Waals surface area contributed by atoms with Gasteiger partial charge >= 0.3 is 0 Å². The molecule has 2 heterocycles. The second kappa shape index (κ2) is 9.06. The van der Waals surface area contributed by atoms with E-state index >= 15 is 0 Å². The Balaban J connectivity index is 1.52. The standard InChI is InChI=1S/C22H21BrClFN4O2/c1-12-6-18(19(25)20(12)30)28-22-15(8-26-11-27-22)21(31)14-4-5-29(10-14)9-13-2-3-17(24)16(23)7-13/h2-5,7-8,10-12,18-20,30H,6,9H2,1H3,(H,26,27,28)/t12-,18-,19-,20-/m1/s1. The number of carbonyl (C=O) groups is 1. The van der Waals surface area contributed by atoms with Crippen LogP contribution in [0, 0.1) is 5.92 Å². The Morgan fingerprint density at radius 1 is 1.42 bits per heavy atom. The molecule has 1 aromatic carbocycles. The molecule has 162 valence electrons. The van der Waals surface area contributed by atoms with E-state index in [2.05, 4.69) is 31.2 Å². The summed E-state index contributed by atoms with van der Waals surface area (Å²) < 4.78 is 17.1. The zero-order valence-corrected chi connectivity index (χ0v) is 19.0. The van der Waals surface area contributed by atoms with Gasteiger partial charge in [0.2, 0.25) is 0 Å². The molecule has 0 radical (unpaired) electrons. The smallest absolute Gasteiger partial charge is 0.199 e. The van der Waals surface area contributed by atoms with Gasteiger partial charge in [-0.05, 0) is 52.0 Å². The number of nitrogens with one attached hydrogen (secondary N) is 1. The van der Waals surface area contributed by atoms with Crippen molar-refractivity contribution in [3.05, 3.63) is 75.4 Å². The van der Waals surface area contributed by atoms with Crippen LogP contribution in [-0.2, 0) is 6.54 Å². The van der Waals surface area contributed by atoms with Crippen molar-refractivity contribution in [1.82, 2.24) is 14.5 Å². The van der Waals surface area contributed by atoms with Gasteiger partial charge in [0.15, 0.2) is 5.78 Å². The highest BCUT2D eigenvalue weighted by atomic mass is 79.9. The van der Waals surface area contributed by atoms with Crippen LogP contribution >= 0.6 is 27.5 Å². The zero-order chi connectivity index (χ0) is 22.1. The minimum absolute atomic E-state index is 0.171. The molecule has 0 spiro atoms. The van der Waals surface area contributed by atoms with Gasteiger partial charge in [0.05, 0.1) is 22.7 Å². The van der Waals surface area contributed by atoms with Gasteiger partial charge in [-0.2, -0.15) is 0 Å². The first-order valence-electron chi connectivity index (χ1n) is 9.86. The van der Waals surface area contributed by atoms with Gasteiger partial charge in [0, 0.05) is 35.2 Å². The Morgan fingerprint density at radius 3 is 2.94 bits per heavy atom. The lowest BCUT2D eigenvalue weighted by Gasteiger charge is -2.18. The van der Waals surface area contributed by atoms with Crippen LogP contribution in [0.1, 0.15) is 34.8 Å². The molecule has 1 aliphatic rings. The SMILES string of the molecule is C[C@@H]1C[C@@H](Nc2ncncc2C(=O)c2ccn(Cc3ccc(Cl)c(Br)c3)c2)[C@@H](F)[C@@H]1O. The lowest BCUT2D eigenvalue weighted by Crippen LogP contribution is -2.32. The number of hydrogen-bond donors (Lipinski definition) is 2. The quantitative estimate of drug-likeness (QED) is 0.481. The molecule has 2 aromatic heterocycles. The van der Waals surface area contributed by atoms with Crippen molar-refractivity contribution in [2.24, 2.45) is 5.92 Å². The zero-order valence-electron chi connectivity index (χ0n) is 16.7. The van der Waals surface area contributed by atoms with Crippen molar-refractivity contribution in [1.29, 1.82) is 0 Å². The lowest BCUT2D eigenvalue weighted by atomic mass is 10.1. The average Bonchev–Trinajstić information content (AvgIpc) is 3.31. The number of carbonyl (C=O) groups excluding carboxylic acids is 1. The third-order valence-electron chi connectivity index (χ3n) is 5.56. The minimum Gasteiger partial charge on any atom is -0.390 e. The van der Waals surface area contributed by atoms with E-state index in [1.165, 1.54) is 12.5 Å². The minimum atomic E-state index is -1.42.